The Kier molecular flexibility index (Phi) is 8.61. The summed E-state index contributed by atoms with van der Waals surface area (Å²) in [5.74, 6) is 0. The maximum atomic E-state index is 5.05. The molecule has 0 radical (unpaired) electrons. The van der Waals surface area contributed by atoms with Crippen molar-refractivity contribution in [2.45, 2.75) is 13.8 Å². The molecule has 0 saturated carbocycles. The quantitative estimate of drug-likeness (QED) is 0.683. The summed E-state index contributed by atoms with van der Waals surface area (Å²) in [7, 11) is 0.0664. The van der Waals surface area contributed by atoms with E-state index < -0.39 is 0 Å². The molecule has 1 aromatic carbocycles. The molecule has 12 heavy (non-hydrogen) atoms. The second kappa shape index (κ2) is 6.91. The third kappa shape index (κ3) is 3.91. The van der Waals surface area contributed by atoms with Crippen LogP contribution in [0.1, 0.15) is 11.1 Å². The van der Waals surface area contributed by atoms with Crippen molar-refractivity contribution in [2.75, 3.05) is 0 Å². The van der Waals surface area contributed by atoms with Crippen molar-refractivity contribution in [3.05, 3.63) is 29.3 Å². The van der Waals surface area contributed by atoms with Crippen molar-refractivity contribution < 1.29 is 0 Å². The van der Waals surface area contributed by atoms with Crippen LogP contribution in [-0.4, -0.2) is 0 Å². The van der Waals surface area contributed by atoms with Gasteiger partial charge in [-0.15, -0.1) is 24.8 Å². The van der Waals surface area contributed by atoms with Gasteiger partial charge in [0.25, 0.3) is 0 Å². The van der Waals surface area contributed by atoms with Crippen LogP contribution in [0.4, 0.5) is 0 Å². The molecule has 0 N–H and O–H groups in total. The van der Waals surface area contributed by atoms with Gasteiger partial charge in [-0.3, -0.25) is 0 Å². The fraction of sp³-hybridized carbons (Fsp3) is 0.250. The van der Waals surface area contributed by atoms with Gasteiger partial charge in [-0.05, 0) is 32.1 Å². The smallest absolute Gasteiger partial charge is 0.0167 e. The van der Waals surface area contributed by atoms with Crippen LogP contribution in [0.15, 0.2) is 18.2 Å². The molecule has 1 unspecified atom stereocenters. The number of rotatable bonds is 1. The van der Waals surface area contributed by atoms with E-state index in [-0.39, 0.29) is 32.2 Å². The zero-order valence-corrected chi connectivity index (χ0v) is 10.6. The number of halogens is 2. The van der Waals surface area contributed by atoms with Gasteiger partial charge in [0, 0.05) is 0 Å². The maximum absolute atomic E-state index is 5.05. The van der Waals surface area contributed by atoms with Crippen molar-refractivity contribution >= 4 is 49.3 Å². The lowest BCUT2D eigenvalue weighted by Gasteiger charge is -1.99. The van der Waals surface area contributed by atoms with Gasteiger partial charge in [0.1, 0.15) is 0 Å². The normalized spacial score (nSPS) is 9.17. The molecule has 0 fully saturated rings. The first-order valence-electron chi connectivity index (χ1n) is 3.26. The zero-order chi connectivity index (χ0) is 7.56. The molecule has 0 aliphatic carbocycles. The Balaban J connectivity index is 0. The fourth-order valence-corrected chi connectivity index (χ4v) is 2.26. The van der Waals surface area contributed by atoms with Gasteiger partial charge in [-0.2, -0.15) is 0 Å². The zero-order valence-electron chi connectivity index (χ0n) is 7.03. The molecular formula is C8H13Cl2PS. The molecule has 0 aliphatic rings. The summed E-state index contributed by atoms with van der Waals surface area (Å²) >= 11 is 5.05. The van der Waals surface area contributed by atoms with E-state index in [9.17, 15) is 0 Å². The Labute approximate surface area is 92.4 Å². The van der Waals surface area contributed by atoms with Gasteiger partial charge in [0.2, 0.25) is 0 Å². The van der Waals surface area contributed by atoms with Crippen LogP contribution in [0, 0.1) is 13.8 Å². The molecule has 1 atom stereocenters. The highest BCUT2D eigenvalue weighted by Crippen LogP contribution is 2.05. The van der Waals surface area contributed by atoms with Gasteiger partial charge in [-0.1, -0.05) is 35.6 Å². The third-order valence-electron chi connectivity index (χ3n) is 1.56. The summed E-state index contributed by atoms with van der Waals surface area (Å²) in [6.07, 6.45) is 0. The SMILES string of the molecule is Cc1ccc(C)c([PH2]=S)c1.Cl.Cl. The minimum absolute atomic E-state index is 0. The minimum Gasteiger partial charge on any atom is -0.147 e. The molecule has 70 valence electrons. The lowest BCUT2D eigenvalue weighted by Crippen LogP contribution is -1.96. The third-order valence-corrected chi connectivity index (χ3v) is 3.20. The van der Waals surface area contributed by atoms with Crippen molar-refractivity contribution in [1.82, 2.24) is 0 Å². The van der Waals surface area contributed by atoms with Crippen molar-refractivity contribution in [3.8, 4) is 0 Å². The highest BCUT2D eigenvalue weighted by Gasteiger charge is 1.91. The first kappa shape index (κ1) is 14.9. The maximum Gasteiger partial charge on any atom is -0.0167 e. The minimum atomic E-state index is 0. The Bertz CT molecular complexity index is 263. The predicted octanol–water partition coefficient (Wildman–Crippen LogP) is 2.65. The van der Waals surface area contributed by atoms with E-state index in [1.165, 1.54) is 16.4 Å². The Morgan fingerprint density at radius 1 is 1.17 bits per heavy atom. The molecule has 0 amide bonds. The monoisotopic (exact) mass is 242 g/mol. The fourth-order valence-electron chi connectivity index (χ4n) is 0.887. The molecular weight excluding hydrogens is 230 g/mol. The molecule has 1 aromatic rings. The molecule has 0 aliphatic heterocycles. The van der Waals surface area contributed by atoms with Gasteiger partial charge in [0.05, 0.1) is 0 Å². The highest BCUT2D eigenvalue weighted by molar-refractivity contribution is 7.99. The van der Waals surface area contributed by atoms with E-state index >= 15 is 0 Å². The predicted molar refractivity (Wildman–Crippen MR) is 67.1 cm³/mol. The molecule has 4 heteroatoms. The standard InChI is InChI=1S/C8H11PS.2ClH/c1-6-3-4-7(2)8(5-6)9-10;;/h3-5H,9H2,1-2H3;2*1H. The summed E-state index contributed by atoms with van der Waals surface area (Å²) < 4.78 is 0. The average Bonchev–Trinajstić information content (AvgIpc) is 1.94. The molecule has 0 saturated heterocycles. The van der Waals surface area contributed by atoms with E-state index in [0.29, 0.717) is 0 Å². The number of hydrogen-bond donors (Lipinski definition) is 0. The van der Waals surface area contributed by atoms with Crippen molar-refractivity contribution in [3.63, 3.8) is 0 Å². The second-order valence-electron chi connectivity index (χ2n) is 2.48. The lowest BCUT2D eigenvalue weighted by molar-refractivity contribution is 1.43. The van der Waals surface area contributed by atoms with E-state index in [4.69, 9.17) is 11.8 Å². The number of hydrogen-bond acceptors (Lipinski definition) is 1. The first-order valence-corrected chi connectivity index (χ1v) is 5.73. The molecule has 0 bridgehead atoms. The van der Waals surface area contributed by atoms with Gasteiger partial charge < -0.3 is 0 Å². The van der Waals surface area contributed by atoms with Crippen LogP contribution < -0.4 is 5.30 Å². The van der Waals surface area contributed by atoms with Crippen LogP contribution >= 0.6 is 32.2 Å². The van der Waals surface area contributed by atoms with E-state index in [0.717, 1.165) is 0 Å². The Morgan fingerprint density at radius 2 is 1.75 bits per heavy atom. The summed E-state index contributed by atoms with van der Waals surface area (Å²) in [6, 6.07) is 6.46. The Hall–Kier alpha value is 0.450. The molecule has 1 rings (SSSR count). The van der Waals surface area contributed by atoms with E-state index in [1.807, 2.05) is 0 Å². The first-order chi connectivity index (χ1) is 4.74. The molecule has 0 nitrogen and oxygen atoms in total. The summed E-state index contributed by atoms with van der Waals surface area (Å²) in [4.78, 5) is 0. The van der Waals surface area contributed by atoms with Crippen LogP contribution in [0.2, 0.25) is 0 Å². The topological polar surface area (TPSA) is 0 Å². The largest absolute Gasteiger partial charge is 0.147 e. The number of aryl methyl sites for hydroxylation is 2. The lowest BCUT2D eigenvalue weighted by atomic mass is 10.2. The van der Waals surface area contributed by atoms with Crippen molar-refractivity contribution in [1.29, 1.82) is 0 Å². The van der Waals surface area contributed by atoms with E-state index in [1.54, 1.807) is 0 Å². The Morgan fingerprint density at radius 3 is 2.17 bits per heavy atom. The molecule has 0 spiro atoms. The molecule has 0 aromatic heterocycles. The van der Waals surface area contributed by atoms with Crippen LogP contribution in [0.25, 0.3) is 0 Å². The van der Waals surface area contributed by atoms with E-state index in [2.05, 4.69) is 32.0 Å². The van der Waals surface area contributed by atoms with Gasteiger partial charge >= 0.3 is 0 Å². The highest BCUT2D eigenvalue weighted by atomic mass is 35.5. The van der Waals surface area contributed by atoms with Gasteiger partial charge in [0.15, 0.2) is 0 Å². The number of benzene rings is 1. The summed E-state index contributed by atoms with van der Waals surface area (Å²) in [6.45, 7) is 4.22. The second-order valence-corrected chi connectivity index (χ2v) is 4.04. The summed E-state index contributed by atoms with van der Waals surface area (Å²) in [5.41, 5.74) is 2.66. The van der Waals surface area contributed by atoms with Crippen LogP contribution in [-0.2, 0) is 11.8 Å². The van der Waals surface area contributed by atoms with Crippen molar-refractivity contribution in [2.24, 2.45) is 0 Å². The van der Waals surface area contributed by atoms with Crippen LogP contribution in [0.5, 0.6) is 0 Å². The molecule has 0 heterocycles. The van der Waals surface area contributed by atoms with Crippen LogP contribution in [0.3, 0.4) is 0 Å². The average molecular weight is 243 g/mol. The van der Waals surface area contributed by atoms with Gasteiger partial charge in [-0.25, -0.2) is 0 Å². The summed E-state index contributed by atoms with van der Waals surface area (Å²) in [5, 5.41) is 1.37.